The molecule has 138 valence electrons. The zero-order valence-corrected chi connectivity index (χ0v) is 15.0. The Morgan fingerprint density at radius 1 is 1.28 bits per heavy atom. The van der Waals surface area contributed by atoms with Gasteiger partial charge in [0.2, 0.25) is 0 Å². The standard InChI is InChI=1S/C18H29N5O2/c1-15(14-22-8-10-25-11-9-22)21-18(24)20-13-16-4-5-19-17(12-16)23-6-2-3-7-23/h4-5,12,15H,2-3,6-11,13-14H2,1H3,(H2,20,21,24). The maximum atomic E-state index is 12.1. The normalized spacial score (nSPS) is 19.6. The predicted octanol–water partition coefficient (Wildman–Crippen LogP) is 1.20. The lowest BCUT2D eigenvalue weighted by atomic mass is 10.2. The van der Waals surface area contributed by atoms with Gasteiger partial charge in [-0.05, 0) is 37.5 Å². The molecule has 25 heavy (non-hydrogen) atoms. The summed E-state index contributed by atoms with van der Waals surface area (Å²) in [4.78, 5) is 21.2. The highest BCUT2D eigenvalue weighted by Gasteiger charge is 2.16. The van der Waals surface area contributed by atoms with E-state index in [1.165, 1.54) is 12.8 Å². The van der Waals surface area contributed by atoms with Crippen molar-refractivity contribution in [3.63, 3.8) is 0 Å². The third kappa shape index (κ3) is 5.57. The van der Waals surface area contributed by atoms with E-state index in [1.807, 2.05) is 19.2 Å². The molecule has 3 rings (SSSR count). The molecule has 2 N–H and O–H groups in total. The van der Waals surface area contributed by atoms with Gasteiger partial charge >= 0.3 is 6.03 Å². The number of ether oxygens (including phenoxy) is 1. The van der Waals surface area contributed by atoms with Crippen molar-refractivity contribution in [2.75, 3.05) is 50.8 Å². The highest BCUT2D eigenvalue weighted by atomic mass is 16.5. The smallest absolute Gasteiger partial charge is 0.315 e. The summed E-state index contributed by atoms with van der Waals surface area (Å²) in [6, 6.07) is 4.01. The van der Waals surface area contributed by atoms with Gasteiger partial charge in [-0.3, -0.25) is 4.90 Å². The molecule has 0 bridgehead atoms. The fourth-order valence-electron chi connectivity index (χ4n) is 3.36. The van der Waals surface area contributed by atoms with Crippen LogP contribution >= 0.6 is 0 Å². The summed E-state index contributed by atoms with van der Waals surface area (Å²) in [5.41, 5.74) is 1.08. The second kappa shape index (κ2) is 9.01. The lowest BCUT2D eigenvalue weighted by Crippen LogP contribution is -2.48. The minimum atomic E-state index is -0.125. The molecule has 0 aromatic carbocycles. The van der Waals surface area contributed by atoms with Crippen molar-refractivity contribution in [2.24, 2.45) is 0 Å². The summed E-state index contributed by atoms with van der Waals surface area (Å²) in [6.45, 7) is 8.97. The minimum Gasteiger partial charge on any atom is -0.379 e. The van der Waals surface area contributed by atoms with E-state index in [0.29, 0.717) is 6.54 Å². The van der Waals surface area contributed by atoms with Crippen LogP contribution in [0.15, 0.2) is 18.3 Å². The number of morpholine rings is 1. The average molecular weight is 347 g/mol. The van der Waals surface area contributed by atoms with Crippen molar-refractivity contribution < 1.29 is 9.53 Å². The van der Waals surface area contributed by atoms with Crippen LogP contribution in [0.5, 0.6) is 0 Å². The number of nitrogens with zero attached hydrogens (tertiary/aromatic N) is 3. The lowest BCUT2D eigenvalue weighted by Gasteiger charge is -2.29. The minimum absolute atomic E-state index is 0.107. The van der Waals surface area contributed by atoms with Gasteiger partial charge in [0, 0.05) is 51.5 Å². The molecule has 2 amide bonds. The molecule has 0 aliphatic carbocycles. The molecule has 1 unspecified atom stereocenters. The second-order valence-corrected chi connectivity index (χ2v) is 6.86. The van der Waals surface area contributed by atoms with Crippen LogP contribution in [0.25, 0.3) is 0 Å². The van der Waals surface area contributed by atoms with Crippen molar-refractivity contribution in [3.05, 3.63) is 23.9 Å². The van der Waals surface area contributed by atoms with Gasteiger partial charge in [0.25, 0.3) is 0 Å². The third-order valence-electron chi connectivity index (χ3n) is 4.71. The number of carbonyl (C=O) groups excluding carboxylic acids is 1. The number of hydrogen-bond acceptors (Lipinski definition) is 5. The molecule has 0 saturated carbocycles. The van der Waals surface area contributed by atoms with Crippen LogP contribution < -0.4 is 15.5 Å². The Morgan fingerprint density at radius 2 is 2.04 bits per heavy atom. The monoisotopic (exact) mass is 347 g/mol. The van der Waals surface area contributed by atoms with Crippen molar-refractivity contribution in [1.29, 1.82) is 0 Å². The van der Waals surface area contributed by atoms with Gasteiger partial charge in [-0.1, -0.05) is 0 Å². The van der Waals surface area contributed by atoms with Crippen molar-refractivity contribution in [1.82, 2.24) is 20.5 Å². The number of urea groups is 1. The summed E-state index contributed by atoms with van der Waals surface area (Å²) in [5, 5.41) is 5.95. The van der Waals surface area contributed by atoms with Crippen LogP contribution in [-0.2, 0) is 11.3 Å². The fourth-order valence-corrected chi connectivity index (χ4v) is 3.36. The molecular weight excluding hydrogens is 318 g/mol. The highest BCUT2D eigenvalue weighted by molar-refractivity contribution is 5.74. The van der Waals surface area contributed by atoms with Gasteiger partial charge in [-0.15, -0.1) is 0 Å². The molecule has 7 nitrogen and oxygen atoms in total. The third-order valence-corrected chi connectivity index (χ3v) is 4.71. The molecule has 2 saturated heterocycles. The van der Waals surface area contributed by atoms with Gasteiger partial charge in [0.15, 0.2) is 0 Å². The van der Waals surface area contributed by atoms with Crippen LogP contribution in [0.3, 0.4) is 0 Å². The van der Waals surface area contributed by atoms with E-state index >= 15 is 0 Å². The topological polar surface area (TPSA) is 69.7 Å². The number of anilines is 1. The van der Waals surface area contributed by atoms with Gasteiger partial charge < -0.3 is 20.3 Å². The predicted molar refractivity (Wildman–Crippen MR) is 97.8 cm³/mol. The molecule has 2 aliphatic heterocycles. The lowest BCUT2D eigenvalue weighted by molar-refractivity contribution is 0.0349. The largest absolute Gasteiger partial charge is 0.379 e. The van der Waals surface area contributed by atoms with E-state index in [0.717, 1.165) is 57.3 Å². The van der Waals surface area contributed by atoms with Crippen LogP contribution in [0.1, 0.15) is 25.3 Å². The van der Waals surface area contributed by atoms with E-state index in [2.05, 4.69) is 31.5 Å². The van der Waals surface area contributed by atoms with E-state index in [1.54, 1.807) is 0 Å². The van der Waals surface area contributed by atoms with Crippen molar-refractivity contribution in [3.8, 4) is 0 Å². The maximum absolute atomic E-state index is 12.1. The molecule has 1 aromatic heterocycles. The van der Waals surface area contributed by atoms with Crippen LogP contribution in [0.4, 0.5) is 10.6 Å². The van der Waals surface area contributed by atoms with Gasteiger partial charge in [-0.2, -0.15) is 0 Å². The van der Waals surface area contributed by atoms with E-state index in [4.69, 9.17) is 4.74 Å². The molecule has 2 aliphatic rings. The maximum Gasteiger partial charge on any atom is 0.315 e. The Bertz CT molecular complexity index is 556. The first-order valence-electron chi connectivity index (χ1n) is 9.25. The Balaban J connectivity index is 1.41. The molecule has 7 heteroatoms. The van der Waals surface area contributed by atoms with Crippen LogP contribution in [-0.4, -0.2) is 67.9 Å². The van der Waals surface area contributed by atoms with Gasteiger partial charge in [0.05, 0.1) is 13.2 Å². The van der Waals surface area contributed by atoms with Gasteiger partial charge in [0.1, 0.15) is 5.82 Å². The molecule has 1 aromatic rings. The van der Waals surface area contributed by atoms with E-state index in [-0.39, 0.29) is 12.1 Å². The molecular formula is C18H29N5O2. The summed E-state index contributed by atoms with van der Waals surface area (Å²) in [5.74, 6) is 1.01. The Labute approximate surface area is 149 Å². The number of aromatic nitrogens is 1. The average Bonchev–Trinajstić information content (AvgIpc) is 3.16. The summed E-state index contributed by atoms with van der Waals surface area (Å²) in [7, 11) is 0. The summed E-state index contributed by atoms with van der Waals surface area (Å²) < 4.78 is 5.35. The zero-order valence-electron chi connectivity index (χ0n) is 15.0. The Morgan fingerprint density at radius 3 is 2.80 bits per heavy atom. The molecule has 3 heterocycles. The number of rotatable bonds is 6. The Hall–Kier alpha value is -1.86. The number of nitrogens with one attached hydrogen (secondary N) is 2. The second-order valence-electron chi connectivity index (χ2n) is 6.86. The first-order valence-corrected chi connectivity index (χ1v) is 9.25. The number of amides is 2. The summed E-state index contributed by atoms with van der Waals surface area (Å²) >= 11 is 0. The van der Waals surface area contributed by atoms with E-state index in [9.17, 15) is 4.79 Å². The van der Waals surface area contributed by atoms with Crippen molar-refractivity contribution in [2.45, 2.75) is 32.4 Å². The number of hydrogen-bond donors (Lipinski definition) is 2. The summed E-state index contributed by atoms with van der Waals surface area (Å²) in [6.07, 6.45) is 4.28. The molecule has 0 spiro atoms. The highest BCUT2D eigenvalue weighted by Crippen LogP contribution is 2.18. The Kier molecular flexibility index (Phi) is 6.47. The zero-order chi connectivity index (χ0) is 17.5. The van der Waals surface area contributed by atoms with Gasteiger partial charge in [-0.25, -0.2) is 9.78 Å². The quantitative estimate of drug-likeness (QED) is 0.809. The number of carbonyl (C=O) groups is 1. The molecule has 1 atom stereocenters. The molecule has 2 fully saturated rings. The first kappa shape index (κ1) is 17.9. The van der Waals surface area contributed by atoms with E-state index < -0.39 is 0 Å². The SMILES string of the molecule is CC(CN1CCOCC1)NC(=O)NCc1ccnc(N2CCCC2)c1. The van der Waals surface area contributed by atoms with Crippen LogP contribution in [0, 0.1) is 0 Å². The molecule has 0 radical (unpaired) electrons. The number of pyridine rings is 1. The first-order chi connectivity index (χ1) is 12.2. The fraction of sp³-hybridized carbons (Fsp3) is 0.667. The van der Waals surface area contributed by atoms with Crippen molar-refractivity contribution >= 4 is 11.8 Å². The van der Waals surface area contributed by atoms with Crippen LogP contribution in [0.2, 0.25) is 0 Å².